The predicted octanol–water partition coefficient (Wildman–Crippen LogP) is 3.99. The molecule has 3 fully saturated rings. The zero-order chi connectivity index (χ0) is 14.8. The van der Waals surface area contributed by atoms with E-state index in [1.54, 1.807) is 0 Å². The topological polar surface area (TPSA) is 21.3 Å². The van der Waals surface area contributed by atoms with Gasteiger partial charge < -0.3 is 10.1 Å². The number of nitrogens with one attached hydrogen (secondary N) is 1. The molecule has 1 N–H and O–H groups in total. The smallest absolute Gasteiger partial charge is 0.0655 e. The molecule has 20 heavy (non-hydrogen) atoms. The molecule has 0 aromatic carbocycles. The maximum atomic E-state index is 5.89. The number of ether oxygens (including phenoxy) is 1. The molecule has 2 bridgehead atoms. The molecule has 116 valence electrons. The monoisotopic (exact) mass is 279 g/mol. The van der Waals surface area contributed by atoms with Gasteiger partial charge in [0.05, 0.1) is 6.10 Å². The summed E-state index contributed by atoms with van der Waals surface area (Å²) in [5.74, 6) is 0.927. The Balaban J connectivity index is 1.70. The SMILES string of the molecule is CCOC1CC(NC2C3(C)CCC(C3)C2(C)C)C1(C)C. The quantitative estimate of drug-likeness (QED) is 0.840. The van der Waals surface area contributed by atoms with Crippen molar-refractivity contribution in [2.45, 2.75) is 85.4 Å². The summed E-state index contributed by atoms with van der Waals surface area (Å²) in [5.41, 5.74) is 1.27. The van der Waals surface area contributed by atoms with E-state index < -0.39 is 0 Å². The normalized spacial score (nSPS) is 48.3. The molecule has 3 saturated carbocycles. The lowest BCUT2D eigenvalue weighted by atomic mass is 9.62. The Morgan fingerprint density at radius 2 is 1.80 bits per heavy atom. The fraction of sp³-hybridized carbons (Fsp3) is 1.00. The van der Waals surface area contributed by atoms with E-state index in [1.807, 2.05) is 0 Å². The van der Waals surface area contributed by atoms with Crippen molar-refractivity contribution in [3.05, 3.63) is 0 Å². The van der Waals surface area contributed by atoms with Crippen LogP contribution in [-0.4, -0.2) is 24.8 Å². The van der Waals surface area contributed by atoms with Gasteiger partial charge in [-0.15, -0.1) is 0 Å². The summed E-state index contributed by atoms with van der Waals surface area (Å²) in [7, 11) is 0. The first-order valence-corrected chi connectivity index (χ1v) is 8.59. The van der Waals surface area contributed by atoms with E-state index in [1.165, 1.54) is 25.7 Å². The van der Waals surface area contributed by atoms with Crippen molar-refractivity contribution in [1.82, 2.24) is 5.32 Å². The van der Waals surface area contributed by atoms with Gasteiger partial charge in [0, 0.05) is 24.1 Å². The lowest BCUT2D eigenvalue weighted by Gasteiger charge is -2.56. The third kappa shape index (κ3) is 1.90. The lowest BCUT2D eigenvalue weighted by molar-refractivity contribution is -0.123. The molecule has 0 saturated heterocycles. The van der Waals surface area contributed by atoms with Crippen molar-refractivity contribution < 1.29 is 4.74 Å². The predicted molar refractivity (Wildman–Crippen MR) is 83.8 cm³/mol. The molecule has 3 rings (SSSR count). The Morgan fingerprint density at radius 3 is 2.30 bits per heavy atom. The van der Waals surface area contributed by atoms with Gasteiger partial charge in [0.15, 0.2) is 0 Å². The molecule has 5 atom stereocenters. The van der Waals surface area contributed by atoms with Crippen molar-refractivity contribution >= 4 is 0 Å². The maximum absolute atomic E-state index is 5.89. The Morgan fingerprint density at radius 1 is 1.10 bits per heavy atom. The van der Waals surface area contributed by atoms with Gasteiger partial charge in [-0.1, -0.05) is 34.6 Å². The summed E-state index contributed by atoms with van der Waals surface area (Å²) in [4.78, 5) is 0. The van der Waals surface area contributed by atoms with Gasteiger partial charge >= 0.3 is 0 Å². The molecule has 5 unspecified atom stereocenters. The van der Waals surface area contributed by atoms with E-state index in [0.717, 1.165) is 12.5 Å². The molecule has 0 amide bonds. The van der Waals surface area contributed by atoms with Crippen molar-refractivity contribution in [3.8, 4) is 0 Å². The summed E-state index contributed by atoms with van der Waals surface area (Å²) < 4.78 is 5.89. The van der Waals surface area contributed by atoms with E-state index in [2.05, 4.69) is 46.9 Å². The van der Waals surface area contributed by atoms with E-state index in [0.29, 0.717) is 29.0 Å². The summed E-state index contributed by atoms with van der Waals surface area (Å²) in [6.45, 7) is 15.2. The van der Waals surface area contributed by atoms with Crippen LogP contribution >= 0.6 is 0 Å². The van der Waals surface area contributed by atoms with E-state index in [-0.39, 0.29) is 5.41 Å². The van der Waals surface area contributed by atoms with Crippen LogP contribution < -0.4 is 5.32 Å². The third-order valence-electron chi connectivity index (χ3n) is 7.18. The summed E-state index contributed by atoms with van der Waals surface area (Å²) >= 11 is 0. The average molecular weight is 279 g/mol. The first-order chi connectivity index (χ1) is 9.22. The second kappa shape index (κ2) is 4.46. The van der Waals surface area contributed by atoms with Crippen LogP contribution in [0.5, 0.6) is 0 Å². The van der Waals surface area contributed by atoms with Crippen LogP contribution in [0.15, 0.2) is 0 Å². The highest BCUT2D eigenvalue weighted by Gasteiger charge is 2.61. The summed E-state index contributed by atoms with van der Waals surface area (Å²) in [6, 6.07) is 1.31. The molecule has 3 aliphatic carbocycles. The molecule has 0 aromatic rings. The van der Waals surface area contributed by atoms with E-state index in [4.69, 9.17) is 4.74 Å². The zero-order valence-electron chi connectivity index (χ0n) is 14.3. The Bertz CT molecular complexity index is 384. The molecule has 0 spiro atoms. The number of hydrogen-bond donors (Lipinski definition) is 1. The van der Waals surface area contributed by atoms with Gasteiger partial charge in [0.2, 0.25) is 0 Å². The van der Waals surface area contributed by atoms with Crippen molar-refractivity contribution in [2.24, 2.45) is 22.2 Å². The Labute approximate surface area is 125 Å². The molecule has 0 radical (unpaired) electrons. The van der Waals surface area contributed by atoms with Crippen LogP contribution in [0, 0.1) is 22.2 Å². The molecule has 0 aromatic heterocycles. The lowest BCUT2D eigenvalue weighted by Crippen LogP contribution is -2.66. The highest BCUT2D eigenvalue weighted by Crippen LogP contribution is 2.63. The van der Waals surface area contributed by atoms with Crippen molar-refractivity contribution in [3.63, 3.8) is 0 Å². The minimum absolute atomic E-state index is 0.282. The van der Waals surface area contributed by atoms with Crippen LogP contribution in [-0.2, 0) is 4.74 Å². The van der Waals surface area contributed by atoms with Crippen LogP contribution in [0.4, 0.5) is 0 Å². The second-order valence-corrected chi connectivity index (χ2v) is 9.07. The third-order valence-corrected chi connectivity index (χ3v) is 7.18. The van der Waals surface area contributed by atoms with E-state index in [9.17, 15) is 0 Å². The van der Waals surface area contributed by atoms with Crippen molar-refractivity contribution in [2.75, 3.05) is 6.61 Å². The number of fused-ring (bicyclic) bond motifs is 2. The largest absolute Gasteiger partial charge is 0.378 e. The molecular weight excluding hydrogens is 246 g/mol. The Hall–Kier alpha value is -0.0800. The van der Waals surface area contributed by atoms with Crippen LogP contribution in [0.1, 0.15) is 67.2 Å². The summed E-state index contributed by atoms with van der Waals surface area (Å²) in [5, 5.41) is 4.08. The van der Waals surface area contributed by atoms with Crippen LogP contribution in [0.25, 0.3) is 0 Å². The van der Waals surface area contributed by atoms with Crippen LogP contribution in [0.3, 0.4) is 0 Å². The first-order valence-electron chi connectivity index (χ1n) is 8.59. The number of hydrogen-bond acceptors (Lipinski definition) is 2. The number of rotatable bonds is 4. The van der Waals surface area contributed by atoms with Crippen LogP contribution in [0.2, 0.25) is 0 Å². The zero-order valence-corrected chi connectivity index (χ0v) is 14.3. The minimum atomic E-state index is 0.282. The summed E-state index contributed by atoms with van der Waals surface area (Å²) in [6.07, 6.45) is 5.92. The van der Waals surface area contributed by atoms with Gasteiger partial charge in [-0.3, -0.25) is 0 Å². The van der Waals surface area contributed by atoms with Gasteiger partial charge in [-0.05, 0) is 49.4 Å². The maximum Gasteiger partial charge on any atom is 0.0655 e. The molecular formula is C18H33NO. The van der Waals surface area contributed by atoms with E-state index >= 15 is 0 Å². The Kier molecular flexibility index (Phi) is 3.31. The first kappa shape index (κ1) is 14.8. The van der Waals surface area contributed by atoms with Gasteiger partial charge in [0.25, 0.3) is 0 Å². The molecule has 2 heteroatoms. The highest BCUT2D eigenvalue weighted by molar-refractivity contribution is 5.15. The van der Waals surface area contributed by atoms with Gasteiger partial charge in [0.1, 0.15) is 0 Å². The van der Waals surface area contributed by atoms with Gasteiger partial charge in [-0.2, -0.15) is 0 Å². The standard InChI is InChI=1S/C18H33NO/c1-7-20-14-10-13(17(14,4)5)19-15-16(2,3)12-8-9-18(15,6)11-12/h12-15,19H,7-11H2,1-6H3. The van der Waals surface area contributed by atoms with Crippen molar-refractivity contribution in [1.29, 1.82) is 0 Å². The fourth-order valence-electron chi connectivity index (χ4n) is 5.57. The molecule has 2 nitrogen and oxygen atoms in total. The minimum Gasteiger partial charge on any atom is -0.378 e. The molecule has 0 aliphatic heterocycles. The molecule has 0 heterocycles. The molecule has 3 aliphatic rings. The highest BCUT2D eigenvalue weighted by atomic mass is 16.5. The van der Waals surface area contributed by atoms with Gasteiger partial charge in [-0.25, -0.2) is 0 Å². The average Bonchev–Trinajstić information content (AvgIpc) is 2.83. The fourth-order valence-corrected chi connectivity index (χ4v) is 5.57. The second-order valence-electron chi connectivity index (χ2n) is 9.07.